The fraction of sp³-hybridized carbons (Fsp3) is 0.238. The highest BCUT2D eigenvalue weighted by atomic mass is 16.5. The van der Waals surface area contributed by atoms with Crippen molar-refractivity contribution >= 4 is 23.6 Å². The topological polar surface area (TPSA) is 67.4 Å². The highest BCUT2D eigenvalue weighted by Crippen LogP contribution is 2.21. The van der Waals surface area contributed by atoms with Crippen molar-refractivity contribution in [1.82, 2.24) is 5.32 Å². The normalized spacial score (nSPS) is 10.6. The molecule has 5 nitrogen and oxygen atoms in total. The molecule has 2 aromatic carbocycles. The Kier molecular flexibility index (Phi) is 6.55. The van der Waals surface area contributed by atoms with E-state index < -0.39 is 0 Å². The summed E-state index contributed by atoms with van der Waals surface area (Å²) in [6.07, 6.45) is 3.04. The third-order valence-corrected chi connectivity index (χ3v) is 3.92. The van der Waals surface area contributed by atoms with Gasteiger partial charge in [-0.3, -0.25) is 9.59 Å². The van der Waals surface area contributed by atoms with Crippen LogP contribution in [0.2, 0.25) is 0 Å². The SMILES string of the molecule is COc1ccccc1C=CC(=O)NCC(=O)Nc1c(C)cc(C)cc1C. The van der Waals surface area contributed by atoms with Crippen LogP contribution in [-0.2, 0) is 9.59 Å². The lowest BCUT2D eigenvalue weighted by atomic mass is 10.1. The molecule has 0 aliphatic heterocycles. The number of benzene rings is 2. The molecule has 0 fully saturated rings. The van der Waals surface area contributed by atoms with Gasteiger partial charge < -0.3 is 15.4 Å². The van der Waals surface area contributed by atoms with Crippen LogP contribution in [0.15, 0.2) is 42.5 Å². The molecule has 0 atom stereocenters. The second kappa shape index (κ2) is 8.85. The number of nitrogens with one attached hydrogen (secondary N) is 2. The Hall–Kier alpha value is -3.08. The lowest BCUT2D eigenvalue weighted by Crippen LogP contribution is -2.32. The van der Waals surface area contributed by atoms with Crippen molar-refractivity contribution in [3.05, 3.63) is 64.7 Å². The molecule has 2 rings (SSSR count). The van der Waals surface area contributed by atoms with Crippen LogP contribution in [0.4, 0.5) is 5.69 Å². The summed E-state index contributed by atoms with van der Waals surface area (Å²) >= 11 is 0. The molecule has 0 aromatic heterocycles. The molecular formula is C21H24N2O3. The van der Waals surface area contributed by atoms with Gasteiger partial charge in [0.05, 0.1) is 13.7 Å². The van der Waals surface area contributed by atoms with Crippen molar-refractivity contribution < 1.29 is 14.3 Å². The van der Waals surface area contributed by atoms with E-state index in [4.69, 9.17) is 4.74 Å². The molecule has 0 aliphatic rings. The molecule has 0 unspecified atom stereocenters. The summed E-state index contributed by atoms with van der Waals surface area (Å²) in [5, 5.41) is 5.44. The van der Waals surface area contributed by atoms with Gasteiger partial charge in [0, 0.05) is 17.3 Å². The summed E-state index contributed by atoms with van der Waals surface area (Å²) in [6, 6.07) is 11.4. The van der Waals surface area contributed by atoms with Gasteiger partial charge in [-0.2, -0.15) is 0 Å². The number of aryl methyl sites for hydroxylation is 3. The molecule has 2 N–H and O–H groups in total. The second-order valence-electron chi connectivity index (χ2n) is 6.11. The first-order chi connectivity index (χ1) is 12.4. The number of amides is 2. The minimum atomic E-state index is -0.344. The maximum absolute atomic E-state index is 12.1. The molecule has 5 heteroatoms. The Morgan fingerprint density at radius 2 is 1.73 bits per heavy atom. The summed E-state index contributed by atoms with van der Waals surface area (Å²) in [5.74, 6) is 0.0714. The van der Waals surface area contributed by atoms with Gasteiger partial charge in [-0.05, 0) is 44.0 Å². The van der Waals surface area contributed by atoms with E-state index in [1.54, 1.807) is 13.2 Å². The number of anilines is 1. The second-order valence-corrected chi connectivity index (χ2v) is 6.11. The van der Waals surface area contributed by atoms with Gasteiger partial charge >= 0.3 is 0 Å². The molecule has 0 saturated carbocycles. The Labute approximate surface area is 154 Å². The number of methoxy groups -OCH3 is 1. The largest absolute Gasteiger partial charge is 0.496 e. The van der Waals surface area contributed by atoms with Crippen molar-refractivity contribution in [2.45, 2.75) is 20.8 Å². The fourth-order valence-electron chi connectivity index (χ4n) is 2.76. The number of ether oxygens (including phenoxy) is 1. The summed E-state index contributed by atoms with van der Waals surface area (Å²) < 4.78 is 5.23. The summed E-state index contributed by atoms with van der Waals surface area (Å²) in [6.45, 7) is 5.82. The van der Waals surface area contributed by atoms with Crippen LogP contribution in [0.25, 0.3) is 6.08 Å². The predicted octanol–water partition coefficient (Wildman–Crippen LogP) is 3.39. The Bertz CT molecular complexity index is 818. The van der Waals surface area contributed by atoms with Crippen LogP contribution in [-0.4, -0.2) is 25.5 Å². The maximum Gasteiger partial charge on any atom is 0.244 e. The molecule has 2 amide bonds. The van der Waals surface area contributed by atoms with E-state index in [-0.39, 0.29) is 18.4 Å². The van der Waals surface area contributed by atoms with E-state index in [2.05, 4.69) is 10.6 Å². The molecular weight excluding hydrogens is 328 g/mol. The molecule has 2 aromatic rings. The summed E-state index contributed by atoms with van der Waals surface area (Å²) in [5.41, 5.74) is 4.73. The van der Waals surface area contributed by atoms with Crippen LogP contribution in [0, 0.1) is 20.8 Å². The van der Waals surface area contributed by atoms with E-state index in [1.807, 2.05) is 57.2 Å². The molecule has 0 aliphatic carbocycles. The Morgan fingerprint density at radius 3 is 2.38 bits per heavy atom. The molecule has 136 valence electrons. The van der Waals surface area contributed by atoms with Gasteiger partial charge in [0.1, 0.15) is 5.75 Å². The highest BCUT2D eigenvalue weighted by Gasteiger charge is 2.09. The minimum Gasteiger partial charge on any atom is -0.496 e. The monoisotopic (exact) mass is 352 g/mol. The number of hydrogen-bond acceptors (Lipinski definition) is 3. The van der Waals surface area contributed by atoms with Crippen molar-refractivity contribution in [2.75, 3.05) is 19.0 Å². The minimum absolute atomic E-state index is 0.0954. The van der Waals surface area contributed by atoms with E-state index in [0.29, 0.717) is 5.75 Å². The molecule has 0 spiro atoms. The number of para-hydroxylation sites is 1. The average molecular weight is 352 g/mol. The molecule has 0 bridgehead atoms. The zero-order valence-corrected chi connectivity index (χ0v) is 15.6. The number of carbonyl (C=O) groups is 2. The van der Waals surface area contributed by atoms with Crippen LogP contribution in [0.1, 0.15) is 22.3 Å². The van der Waals surface area contributed by atoms with Gasteiger partial charge in [0.2, 0.25) is 11.8 Å². The van der Waals surface area contributed by atoms with E-state index in [0.717, 1.165) is 27.9 Å². The van der Waals surface area contributed by atoms with Gasteiger partial charge in [-0.1, -0.05) is 35.9 Å². The van der Waals surface area contributed by atoms with Crippen LogP contribution in [0.3, 0.4) is 0 Å². The van der Waals surface area contributed by atoms with Crippen molar-refractivity contribution in [1.29, 1.82) is 0 Å². The van der Waals surface area contributed by atoms with Gasteiger partial charge in [-0.25, -0.2) is 0 Å². The predicted molar refractivity (Wildman–Crippen MR) is 104 cm³/mol. The zero-order chi connectivity index (χ0) is 19.1. The smallest absolute Gasteiger partial charge is 0.244 e. The number of carbonyl (C=O) groups excluding carboxylic acids is 2. The van der Waals surface area contributed by atoms with E-state index in [1.165, 1.54) is 6.08 Å². The lowest BCUT2D eigenvalue weighted by molar-refractivity contribution is -0.121. The Morgan fingerprint density at radius 1 is 1.08 bits per heavy atom. The first-order valence-corrected chi connectivity index (χ1v) is 8.37. The molecule has 0 saturated heterocycles. The maximum atomic E-state index is 12.1. The third-order valence-electron chi connectivity index (χ3n) is 3.92. The first-order valence-electron chi connectivity index (χ1n) is 8.37. The third kappa shape index (κ3) is 5.21. The van der Waals surface area contributed by atoms with Crippen molar-refractivity contribution in [3.8, 4) is 5.75 Å². The van der Waals surface area contributed by atoms with Gasteiger partial charge in [-0.15, -0.1) is 0 Å². The van der Waals surface area contributed by atoms with E-state index >= 15 is 0 Å². The number of hydrogen-bond donors (Lipinski definition) is 2. The van der Waals surface area contributed by atoms with Gasteiger partial charge in [0.25, 0.3) is 0 Å². The van der Waals surface area contributed by atoms with Crippen LogP contribution in [0.5, 0.6) is 5.75 Å². The highest BCUT2D eigenvalue weighted by molar-refractivity contribution is 5.98. The standard InChI is InChI=1S/C21H24N2O3/c1-14-11-15(2)21(16(3)12-14)23-20(25)13-22-19(24)10-9-17-7-5-6-8-18(17)26-4/h5-12H,13H2,1-4H3,(H,22,24)(H,23,25). The zero-order valence-electron chi connectivity index (χ0n) is 15.6. The van der Waals surface area contributed by atoms with Crippen molar-refractivity contribution in [3.63, 3.8) is 0 Å². The van der Waals surface area contributed by atoms with Crippen LogP contribution >= 0.6 is 0 Å². The average Bonchev–Trinajstić information content (AvgIpc) is 2.61. The summed E-state index contributed by atoms with van der Waals surface area (Å²) in [4.78, 5) is 24.0. The van der Waals surface area contributed by atoms with Gasteiger partial charge in [0.15, 0.2) is 0 Å². The van der Waals surface area contributed by atoms with Crippen LogP contribution < -0.4 is 15.4 Å². The Balaban J connectivity index is 1.91. The first kappa shape index (κ1) is 19.2. The molecule has 0 heterocycles. The molecule has 0 radical (unpaired) electrons. The lowest BCUT2D eigenvalue weighted by Gasteiger charge is -2.13. The molecule has 26 heavy (non-hydrogen) atoms. The van der Waals surface area contributed by atoms with E-state index in [9.17, 15) is 9.59 Å². The fourth-order valence-corrected chi connectivity index (χ4v) is 2.76. The van der Waals surface area contributed by atoms with Crippen molar-refractivity contribution in [2.24, 2.45) is 0 Å². The summed E-state index contributed by atoms with van der Waals surface area (Å²) in [7, 11) is 1.58. The quantitative estimate of drug-likeness (QED) is 0.783. The number of rotatable bonds is 6.